The summed E-state index contributed by atoms with van der Waals surface area (Å²) < 4.78 is 32.8. The van der Waals surface area contributed by atoms with E-state index in [-0.39, 0.29) is 23.3 Å². The van der Waals surface area contributed by atoms with E-state index in [1.54, 1.807) is 11.2 Å². The molecule has 120 valence electrons. The number of furan rings is 1. The van der Waals surface area contributed by atoms with Crippen molar-refractivity contribution in [1.82, 2.24) is 9.21 Å². The Kier molecular flexibility index (Phi) is 5.08. The number of aliphatic hydroxyl groups is 1. The van der Waals surface area contributed by atoms with Crippen LogP contribution in [0.5, 0.6) is 0 Å². The Hall–Kier alpha value is -0.890. The van der Waals surface area contributed by atoms with E-state index in [0.717, 1.165) is 25.9 Å². The molecule has 6 nitrogen and oxygen atoms in total. The van der Waals surface area contributed by atoms with Crippen LogP contribution < -0.4 is 0 Å². The van der Waals surface area contributed by atoms with Crippen molar-refractivity contribution in [3.8, 4) is 0 Å². The lowest BCUT2D eigenvalue weighted by Gasteiger charge is -2.29. The van der Waals surface area contributed by atoms with Crippen LogP contribution >= 0.6 is 0 Å². The summed E-state index contributed by atoms with van der Waals surface area (Å²) in [6.07, 6.45) is 1.59. The molecule has 0 radical (unpaired) electrons. The summed E-state index contributed by atoms with van der Waals surface area (Å²) in [5, 5.41) is 9.12. The van der Waals surface area contributed by atoms with Crippen molar-refractivity contribution in [3.05, 3.63) is 17.6 Å². The monoisotopic (exact) mass is 316 g/mol. The van der Waals surface area contributed by atoms with Crippen molar-refractivity contribution in [2.24, 2.45) is 0 Å². The standard InChI is InChI=1S/C14H24N2O4S/c1-4-12-9-15(3)6-5-7-16(12)21(18,19)14-8-13(10-17)20-11(14)2/h8,12,17H,4-7,9-10H2,1-3H3. The molecule has 1 aliphatic heterocycles. The van der Waals surface area contributed by atoms with Crippen LogP contribution in [0.4, 0.5) is 0 Å². The van der Waals surface area contributed by atoms with Gasteiger partial charge >= 0.3 is 0 Å². The first-order chi connectivity index (χ1) is 9.90. The van der Waals surface area contributed by atoms with E-state index in [4.69, 9.17) is 9.52 Å². The molecule has 1 atom stereocenters. The number of nitrogens with zero attached hydrogens (tertiary/aromatic N) is 2. The van der Waals surface area contributed by atoms with E-state index in [1.165, 1.54) is 6.07 Å². The second kappa shape index (κ2) is 6.48. The van der Waals surface area contributed by atoms with Gasteiger partial charge in [0.25, 0.3) is 0 Å². The van der Waals surface area contributed by atoms with Crippen LogP contribution in [0.1, 0.15) is 31.3 Å². The lowest BCUT2D eigenvalue weighted by molar-refractivity contribution is 0.244. The number of hydrogen-bond donors (Lipinski definition) is 1. The zero-order chi connectivity index (χ0) is 15.6. The second-order valence-corrected chi connectivity index (χ2v) is 7.44. The summed E-state index contributed by atoms with van der Waals surface area (Å²) in [5.41, 5.74) is 0. The third-order valence-corrected chi connectivity index (χ3v) is 6.04. The molecule has 0 aromatic carbocycles. The molecule has 1 aromatic rings. The Balaban J connectivity index is 2.38. The summed E-state index contributed by atoms with van der Waals surface area (Å²) >= 11 is 0. The molecule has 21 heavy (non-hydrogen) atoms. The maximum atomic E-state index is 12.9. The number of aliphatic hydroxyl groups excluding tert-OH is 1. The number of hydrogen-bond acceptors (Lipinski definition) is 5. The van der Waals surface area contributed by atoms with Gasteiger partial charge in [0, 0.05) is 25.2 Å². The van der Waals surface area contributed by atoms with E-state index >= 15 is 0 Å². The molecule has 1 N–H and O–H groups in total. The minimum Gasteiger partial charge on any atom is -0.462 e. The van der Waals surface area contributed by atoms with E-state index in [0.29, 0.717) is 12.3 Å². The van der Waals surface area contributed by atoms with Gasteiger partial charge in [-0.15, -0.1) is 0 Å². The molecule has 1 aromatic heterocycles. The first kappa shape index (κ1) is 16.5. The van der Waals surface area contributed by atoms with Crippen molar-refractivity contribution in [2.45, 2.75) is 44.2 Å². The third-order valence-electron chi connectivity index (χ3n) is 3.99. The topological polar surface area (TPSA) is 74.0 Å². The van der Waals surface area contributed by atoms with E-state index in [2.05, 4.69) is 4.90 Å². The number of likely N-dealkylation sites (N-methyl/N-ethyl adjacent to an activating group) is 1. The van der Waals surface area contributed by atoms with Crippen molar-refractivity contribution >= 4 is 10.0 Å². The molecule has 0 spiro atoms. The first-order valence-corrected chi connectivity index (χ1v) is 8.74. The van der Waals surface area contributed by atoms with Gasteiger partial charge in [-0.05, 0) is 33.4 Å². The molecule has 0 saturated carbocycles. The molecule has 2 heterocycles. The van der Waals surface area contributed by atoms with Gasteiger partial charge in [0.05, 0.1) is 0 Å². The predicted molar refractivity (Wildman–Crippen MR) is 79.5 cm³/mol. The quantitative estimate of drug-likeness (QED) is 0.903. The fourth-order valence-corrected chi connectivity index (χ4v) is 4.77. The Morgan fingerprint density at radius 1 is 1.43 bits per heavy atom. The third kappa shape index (κ3) is 3.31. The predicted octanol–water partition coefficient (Wildman–Crippen LogP) is 1.19. The van der Waals surface area contributed by atoms with Gasteiger partial charge in [-0.3, -0.25) is 0 Å². The molecule has 1 fully saturated rings. The summed E-state index contributed by atoms with van der Waals surface area (Å²) in [5.74, 6) is 0.623. The average Bonchev–Trinajstić information content (AvgIpc) is 2.71. The first-order valence-electron chi connectivity index (χ1n) is 7.30. The number of rotatable bonds is 4. The maximum absolute atomic E-state index is 12.9. The number of aryl methyl sites for hydroxylation is 1. The Morgan fingerprint density at radius 2 is 2.14 bits per heavy atom. The van der Waals surface area contributed by atoms with Crippen molar-refractivity contribution in [3.63, 3.8) is 0 Å². The van der Waals surface area contributed by atoms with Crippen LogP contribution in [-0.2, 0) is 16.6 Å². The van der Waals surface area contributed by atoms with Gasteiger partial charge in [-0.25, -0.2) is 8.42 Å². The molecule has 0 amide bonds. The summed E-state index contributed by atoms with van der Waals surface area (Å²) in [7, 11) is -1.57. The van der Waals surface area contributed by atoms with Crippen molar-refractivity contribution in [2.75, 3.05) is 26.7 Å². The van der Waals surface area contributed by atoms with Crippen LogP contribution in [0.2, 0.25) is 0 Å². The van der Waals surface area contributed by atoms with Crippen molar-refractivity contribution in [1.29, 1.82) is 0 Å². The molecule has 1 saturated heterocycles. The Morgan fingerprint density at radius 3 is 2.71 bits per heavy atom. The number of sulfonamides is 1. The molecule has 1 aliphatic rings. The molecule has 0 aliphatic carbocycles. The normalized spacial score (nSPS) is 22.4. The molecular weight excluding hydrogens is 292 g/mol. The van der Waals surface area contributed by atoms with Crippen molar-refractivity contribution < 1.29 is 17.9 Å². The fraction of sp³-hybridized carbons (Fsp3) is 0.714. The highest BCUT2D eigenvalue weighted by atomic mass is 32.2. The highest BCUT2D eigenvalue weighted by molar-refractivity contribution is 7.89. The van der Waals surface area contributed by atoms with Crippen LogP contribution in [0.15, 0.2) is 15.4 Å². The van der Waals surface area contributed by atoms with Crippen LogP contribution in [-0.4, -0.2) is 55.5 Å². The highest BCUT2D eigenvalue weighted by Crippen LogP contribution is 2.27. The van der Waals surface area contributed by atoms with Crippen LogP contribution in [0.3, 0.4) is 0 Å². The highest BCUT2D eigenvalue weighted by Gasteiger charge is 2.35. The minimum absolute atomic E-state index is 0.0330. The molecular formula is C14H24N2O4S. The SMILES string of the molecule is CCC1CN(C)CCCN1S(=O)(=O)c1cc(CO)oc1C. The van der Waals surface area contributed by atoms with Gasteiger partial charge in [0.15, 0.2) is 0 Å². The largest absolute Gasteiger partial charge is 0.462 e. The molecule has 7 heteroatoms. The lowest BCUT2D eigenvalue weighted by atomic mass is 10.2. The average molecular weight is 316 g/mol. The van der Waals surface area contributed by atoms with Gasteiger partial charge < -0.3 is 14.4 Å². The Bertz CT molecular complexity index is 582. The van der Waals surface area contributed by atoms with Crippen LogP contribution in [0.25, 0.3) is 0 Å². The van der Waals surface area contributed by atoms with Crippen LogP contribution in [0, 0.1) is 6.92 Å². The van der Waals surface area contributed by atoms with E-state index < -0.39 is 10.0 Å². The van der Waals surface area contributed by atoms with Gasteiger partial charge in [0.2, 0.25) is 10.0 Å². The molecule has 1 unspecified atom stereocenters. The van der Waals surface area contributed by atoms with E-state index in [1.807, 2.05) is 14.0 Å². The van der Waals surface area contributed by atoms with Gasteiger partial charge in [-0.2, -0.15) is 4.31 Å². The second-order valence-electron chi connectivity index (χ2n) is 5.58. The smallest absolute Gasteiger partial charge is 0.246 e. The van der Waals surface area contributed by atoms with Gasteiger partial charge in [0.1, 0.15) is 23.0 Å². The zero-order valence-corrected chi connectivity index (χ0v) is 13.7. The maximum Gasteiger partial charge on any atom is 0.246 e. The summed E-state index contributed by atoms with van der Waals surface area (Å²) in [6, 6.07) is 1.40. The molecule has 0 bridgehead atoms. The van der Waals surface area contributed by atoms with E-state index in [9.17, 15) is 8.42 Å². The molecule has 2 rings (SSSR count). The minimum atomic E-state index is -3.59. The Labute approximate surface area is 126 Å². The fourth-order valence-electron chi connectivity index (χ4n) is 2.85. The zero-order valence-electron chi connectivity index (χ0n) is 12.9. The summed E-state index contributed by atoms with van der Waals surface area (Å²) in [4.78, 5) is 2.35. The van der Waals surface area contributed by atoms with Gasteiger partial charge in [-0.1, -0.05) is 6.92 Å². The lowest BCUT2D eigenvalue weighted by Crippen LogP contribution is -2.43. The summed E-state index contributed by atoms with van der Waals surface area (Å²) in [6.45, 7) is 5.49.